The zero-order valence-electron chi connectivity index (χ0n) is 15.0. The van der Waals surface area contributed by atoms with E-state index >= 15 is 0 Å². The maximum atomic E-state index is 11.4. The van der Waals surface area contributed by atoms with Crippen LogP contribution in [0.1, 0.15) is 22.5 Å². The third kappa shape index (κ3) is 7.75. The summed E-state index contributed by atoms with van der Waals surface area (Å²) >= 11 is 1.68. The highest BCUT2D eigenvalue weighted by atomic mass is 127. The lowest BCUT2D eigenvalue weighted by Gasteiger charge is -2.26. The number of aromatic nitrogens is 1. The van der Waals surface area contributed by atoms with Crippen molar-refractivity contribution in [3.05, 3.63) is 15.6 Å². The number of aliphatic imine (C=N–C) groups is 1. The Morgan fingerprint density at radius 1 is 1.28 bits per heavy atom. The lowest BCUT2D eigenvalue weighted by atomic mass is 10.4. The Morgan fingerprint density at radius 3 is 2.52 bits per heavy atom. The summed E-state index contributed by atoms with van der Waals surface area (Å²) < 4.78 is 22.9. The van der Waals surface area contributed by atoms with Gasteiger partial charge in [0.2, 0.25) is 0 Å². The molecule has 0 amide bonds. The third-order valence-corrected chi connectivity index (χ3v) is 6.55. The van der Waals surface area contributed by atoms with Crippen molar-refractivity contribution < 1.29 is 8.42 Å². The number of thiazole rings is 1. The second kappa shape index (κ2) is 10.6. The molecule has 1 fully saturated rings. The summed E-state index contributed by atoms with van der Waals surface area (Å²) in [6.07, 6.45) is 0. The Balaban J connectivity index is 0.00000312. The first-order valence-electron chi connectivity index (χ1n) is 8.27. The van der Waals surface area contributed by atoms with E-state index in [0.29, 0.717) is 19.6 Å². The molecule has 0 aliphatic carbocycles. The summed E-state index contributed by atoms with van der Waals surface area (Å²) in [4.78, 5) is 12.4. The summed E-state index contributed by atoms with van der Waals surface area (Å²) in [5.41, 5.74) is 1.05. The molecule has 0 bridgehead atoms. The van der Waals surface area contributed by atoms with E-state index in [9.17, 15) is 8.42 Å². The first kappa shape index (κ1) is 22.6. The average Bonchev–Trinajstić information content (AvgIpc) is 2.84. The van der Waals surface area contributed by atoms with Crippen LogP contribution in [0.15, 0.2) is 4.99 Å². The van der Waals surface area contributed by atoms with Gasteiger partial charge in [0.05, 0.1) is 28.8 Å². The largest absolute Gasteiger partial charge is 0.357 e. The van der Waals surface area contributed by atoms with Crippen molar-refractivity contribution in [3.63, 3.8) is 0 Å². The van der Waals surface area contributed by atoms with E-state index in [1.807, 2.05) is 20.8 Å². The number of hydrogen-bond donors (Lipinski definition) is 2. The number of guanidine groups is 1. The van der Waals surface area contributed by atoms with Crippen LogP contribution in [0.4, 0.5) is 0 Å². The zero-order valence-corrected chi connectivity index (χ0v) is 19.0. The van der Waals surface area contributed by atoms with Crippen LogP contribution in [-0.2, 0) is 16.4 Å². The van der Waals surface area contributed by atoms with Crippen molar-refractivity contribution in [1.29, 1.82) is 0 Å². The lowest BCUT2D eigenvalue weighted by molar-refractivity contribution is 0.299. The van der Waals surface area contributed by atoms with Crippen LogP contribution in [-0.4, -0.2) is 68.5 Å². The van der Waals surface area contributed by atoms with Crippen molar-refractivity contribution >= 4 is 51.1 Å². The molecular weight excluding hydrogens is 473 g/mol. The Bertz CT molecular complexity index is 661. The summed E-state index contributed by atoms with van der Waals surface area (Å²) in [5, 5.41) is 7.62. The second-order valence-corrected chi connectivity index (χ2v) is 9.45. The molecule has 1 aliphatic rings. The fraction of sp³-hybridized carbons (Fsp3) is 0.733. The van der Waals surface area contributed by atoms with E-state index in [-0.39, 0.29) is 35.5 Å². The Labute approximate surface area is 171 Å². The minimum Gasteiger partial charge on any atom is -0.357 e. The van der Waals surface area contributed by atoms with E-state index in [4.69, 9.17) is 0 Å². The highest BCUT2D eigenvalue weighted by Gasteiger charge is 2.20. The van der Waals surface area contributed by atoms with Crippen LogP contribution >= 0.6 is 35.3 Å². The minimum atomic E-state index is -2.81. The number of aryl methyl sites for hydroxylation is 2. The molecule has 1 aliphatic heterocycles. The fourth-order valence-electron chi connectivity index (χ4n) is 2.52. The van der Waals surface area contributed by atoms with Gasteiger partial charge in [0.1, 0.15) is 0 Å². The maximum absolute atomic E-state index is 11.4. The molecule has 1 saturated heterocycles. The first-order chi connectivity index (χ1) is 11.4. The molecule has 0 aromatic carbocycles. The van der Waals surface area contributed by atoms with E-state index < -0.39 is 9.84 Å². The first-order valence-corrected chi connectivity index (χ1v) is 10.9. The fourth-order valence-corrected chi connectivity index (χ4v) is 4.66. The molecule has 10 heteroatoms. The Hall–Kier alpha value is -0.460. The number of nitrogens with zero attached hydrogens (tertiary/aromatic N) is 3. The summed E-state index contributed by atoms with van der Waals surface area (Å²) in [7, 11) is -2.81. The minimum absolute atomic E-state index is 0. The highest BCUT2D eigenvalue weighted by molar-refractivity contribution is 14.0. The van der Waals surface area contributed by atoms with E-state index in [2.05, 4.69) is 25.5 Å². The molecule has 0 saturated carbocycles. The molecule has 2 rings (SSSR count). The molecule has 0 radical (unpaired) electrons. The zero-order chi connectivity index (χ0) is 17.6. The van der Waals surface area contributed by atoms with Crippen molar-refractivity contribution in [2.45, 2.75) is 27.3 Å². The van der Waals surface area contributed by atoms with E-state index in [0.717, 1.165) is 36.3 Å². The number of rotatable bonds is 6. The van der Waals surface area contributed by atoms with Crippen molar-refractivity contribution in [2.75, 3.05) is 44.2 Å². The smallest absolute Gasteiger partial charge is 0.191 e. The van der Waals surface area contributed by atoms with Crippen LogP contribution in [0, 0.1) is 13.8 Å². The molecule has 1 aromatic heterocycles. The van der Waals surface area contributed by atoms with Crippen LogP contribution in [0.3, 0.4) is 0 Å². The van der Waals surface area contributed by atoms with Crippen molar-refractivity contribution in [1.82, 2.24) is 20.5 Å². The molecule has 0 spiro atoms. The molecule has 2 heterocycles. The molecule has 1 aromatic rings. The Kier molecular flexibility index (Phi) is 9.60. The summed E-state index contributed by atoms with van der Waals surface area (Å²) in [5.74, 6) is 1.32. The SMILES string of the molecule is CCNC(=NCc1sc(C)nc1C)NCCN1CCS(=O)(=O)CC1.I. The molecular formula is C15H28IN5O2S2. The molecule has 144 valence electrons. The predicted octanol–water partition coefficient (Wildman–Crippen LogP) is 1.16. The van der Waals surface area contributed by atoms with Gasteiger partial charge in [0.25, 0.3) is 0 Å². The molecule has 25 heavy (non-hydrogen) atoms. The maximum Gasteiger partial charge on any atom is 0.191 e. The quantitative estimate of drug-likeness (QED) is 0.346. The van der Waals surface area contributed by atoms with Gasteiger partial charge < -0.3 is 10.6 Å². The molecule has 0 atom stereocenters. The van der Waals surface area contributed by atoms with Gasteiger partial charge in [-0.1, -0.05) is 0 Å². The van der Waals surface area contributed by atoms with Gasteiger partial charge in [-0.3, -0.25) is 4.90 Å². The number of sulfone groups is 1. The second-order valence-electron chi connectivity index (χ2n) is 5.86. The third-order valence-electron chi connectivity index (χ3n) is 3.88. The van der Waals surface area contributed by atoms with Gasteiger partial charge in [0, 0.05) is 37.6 Å². The van der Waals surface area contributed by atoms with Gasteiger partial charge in [-0.05, 0) is 20.8 Å². The predicted molar refractivity (Wildman–Crippen MR) is 115 cm³/mol. The van der Waals surface area contributed by atoms with Crippen molar-refractivity contribution in [2.24, 2.45) is 4.99 Å². The number of nitrogens with one attached hydrogen (secondary N) is 2. The monoisotopic (exact) mass is 501 g/mol. The Morgan fingerprint density at radius 2 is 1.96 bits per heavy atom. The average molecular weight is 501 g/mol. The summed E-state index contributed by atoms with van der Waals surface area (Å²) in [6, 6.07) is 0. The molecule has 2 N–H and O–H groups in total. The van der Waals surface area contributed by atoms with Crippen LogP contribution < -0.4 is 10.6 Å². The lowest BCUT2D eigenvalue weighted by Crippen LogP contribution is -2.45. The van der Waals surface area contributed by atoms with Crippen LogP contribution in [0.5, 0.6) is 0 Å². The topological polar surface area (TPSA) is 86.7 Å². The van der Waals surface area contributed by atoms with Gasteiger partial charge >= 0.3 is 0 Å². The van der Waals surface area contributed by atoms with Crippen LogP contribution in [0.2, 0.25) is 0 Å². The molecule has 0 unspecified atom stereocenters. The normalized spacial score (nSPS) is 17.8. The van der Waals surface area contributed by atoms with Gasteiger partial charge in [-0.15, -0.1) is 35.3 Å². The molecule has 7 nitrogen and oxygen atoms in total. The van der Waals surface area contributed by atoms with Gasteiger partial charge in [-0.25, -0.2) is 18.4 Å². The summed E-state index contributed by atoms with van der Waals surface area (Å²) in [6.45, 7) is 10.3. The van der Waals surface area contributed by atoms with Crippen LogP contribution in [0.25, 0.3) is 0 Å². The van der Waals surface area contributed by atoms with Gasteiger partial charge in [-0.2, -0.15) is 0 Å². The van der Waals surface area contributed by atoms with Gasteiger partial charge in [0.15, 0.2) is 15.8 Å². The number of hydrogen-bond acceptors (Lipinski definition) is 6. The highest BCUT2D eigenvalue weighted by Crippen LogP contribution is 2.17. The van der Waals surface area contributed by atoms with E-state index in [1.165, 1.54) is 4.88 Å². The van der Waals surface area contributed by atoms with Crippen molar-refractivity contribution in [3.8, 4) is 0 Å². The number of halogens is 1. The van der Waals surface area contributed by atoms with E-state index in [1.54, 1.807) is 11.3 Å². The standard InChI is InChI=1S/C15H27N5O2S2.HI/c1-4-16-15(18-11-14-12(2)19-13(3)23-14)17-5-6-20-7-9-24(21,22)10-8-20;/h4-11H2,1-3H3,(H2,16,17,18);1H.